The number of amides is 1. The van der Waals surface area contributed by atoms with Crippen LogP contribution in [0.4, 0.5) is 5.13 Å². The number of anilines is 1. The number of thiazole rings is 1. The van der Waals surface area contributed by atoms with Crippen molar-refractivity contribution in [2.24, 2.45) is 5.92 Å². The molecule has 1 aliphatic carbocycles. The van der Waals surface area contributed by atoms with Gasteiger partial charge in [-0.05, 0) is 31.4 Å². The van der Waals surface area contributed by atoms with E-state index in [1.807, 2.05) is 5.38 Å². The first-order chi connectivity index (χ1) is 12.1. The molecule has 1 N–H and O–H groups in total. The second-order valence-corrected chi connectivity index (χ2v) is 7.69. The van der Waals surface area contributed by atoms with Crippen molar-refractivity contribution < 1.29 is 4.79 Å². The van der Waals surface area contributed by atoms with Gasteiger partial charge in [-0.3, -0.25) is 4.79 Å². The molecule has 2 aromatic carbocycles. The molecule has 1 atom stereocenters. The molecule has 1 aromatic heterocycles. The summed E-state index contributed by atoms with van der Waals surface area (Å²) in [6.45, 7) is 4.20. The van der Waals surface area contributed by atoms with Crippen molar-refractivity contribution in [3.8, 4) is 0 Å². The van der Waals surface area contributed by atoms with Crippen LogP contribution in [0.2, 0.25) is 0 Å². The van der Waals surface area contributed by atoms with Gasteiger partial charge in [0, 0.05) is 17.0 Å². The Morgan fingerprint density at radius 3 is 2.28 bits per heavy atom. The fraction of sp³-hybridized carbons (Fsp3) is 0.238. The van der Waals surface area contributed by atoms with E-state index < -0.39 is 0 Å². The van der Waals surface area contributed by atoms with Crippen LogP contribution in [0.25, 0.3) is 0 Å². The number of aromatic nitrogens is 1. The van der Waals surface area contributed by atoms with E-state index in [4.69, 9.17) is 0 Å². The van der Waals surface area contributed by atoms with Gasteiger partial charge < -0.3 is 5.32 Å². The molecule has 1 aliphatic rings. The van der Waals surface area contributed by atoms with Gasteiger partial charge >= 0.3 is 0 Å². The molecular weight excluding hydrogens is 328 g/mol. The van der Waals surface area contributed by atoms with Gasteiger partial charge in [0.05, 0.1) is 5.92 Å². The Balaban J connectivity index is 1.73. The molecule has 0 aliphatic heterocycles. The monoisotopic (exact) mass is 348 g/mol. The highest BCUT2D eigenvalue weighted by molar-refractivity contribution is 7.13. The molecule has 3 aromatic rings. The summed E-state index contributed by atoms with van der Waals surface area (Å²) in [6, 6.07) is 17.1. The van der Waals surface area contributed by atoms with Gasteiger partial charge in [0.25, 0.3) is 0 Å². The van der Waals surface area contributed by atoms with E-state index in [0.29, 0.717) is 5.13 Å². The molecular formula is C21H20N2OS. The molecule has 0 spiro atoms. The van der Waals surface area contributed by atoms with Crippen LogP contribution in [-0.2, 0) is 10.2 Å². The maximum atomic E-state index is 12.9. The minimum atomic E-state index is -0.237. The Bertz CT molecular complexity index is 872. The van der Waals surface area contributed by atoms with Gasteiger partial charge in [-0.1, -0.05) is 59.7 Å². The molecule has 1 saturated carbocycles. The van der Waals surface area contributed by atoms with Gasteiger partial charge in [0.2, 0.25) is 5.91 Å². The molecule has 0 bridgehead atoms. The minimum Gasteiger partial charge on any atom is -0.302 e. The maximum Gasteiger partial charge on any atom is 0.230 e. The molecule has 1 heterocycles. The zero-order chi connectivity index (χ0) is 17.4. The van der Waals surface area contributed by atoms with Crippen LogP contribution in [0.5, 0.6) is 0 Å². The predicted octanol–water partition coefficient (Wildman–Crippen LogP) is 4.70. The van der Waals surface area contributed by atoms with Crippen LogP contribution in [-0.4, -0.2) is 10.9 Å². The number of nitrogens with zero attached hydrogens (tertiary/aromatic N) is 1. The summed E-state index contributed by atoms with van der Waals surface area (Å²) in [7, 11) is 0. The lowest BCUT2D eigenvalue weighted by Crippen LogP contribution is -2.22. The summed E-state index contributed by atoms with van der Waals surface area (Å²) < 4.78 is 0. The lowest BCUT2D eigenvalue weighted by atomic mass is 9.84. The first-order valence-corrected chi connectivity index (χ1v) is 9.32. The third-order valence-electron chi connectivity index (χ3n) is 5.01. The highest BCUT2D eigenvalue weighted by Crippen LogP contribution is 2.59. The van der Waals surface area contributed by atoms with Gasteiger partial charge in [0.1, 0.15) is 0 Å². The van der Waals surface area contributed by atoms with Crippen molar-refractivity contribution in [1.29, 1.82) is 0 Å². The summed E-state index contributed by atoms with van der Waals surface area (Å²) >= 11 is 1.45. The number of carbonyl (C=O) groups excluding carboxylic acids is 1. The highest BCUT2D eigenvalue weighted by atomic mass is 32.1. The smallest absolute Gasteiger partial charge is 0.230 e. The molecule has 4 rings (SSSR count). The number of nitrogens with one attached hydrogen (secondary N) is 1. The van der Waals surface area contributed by atoms with E-state index in [2.05, 4.69) is 72.7 Å². The van der Waals surface area contributed by atoms with Crippen LogP contribution in [0.1, 0.15) is 28.7 Å². The molecule has 4 heteroatoms. The van der Waals surface area contributed by atoms with Crippen molar-refractivity contribution in [2.45, 2.75) is 25.7 Å². The minimum absolute atomic E-state index is 0.0537. The summed E-state index contributed by atoms with van der Waals surface area (Å²) in [5.74, 6) is -0.0158. The van der Waals surface area contributed by atoms with E-state index in [-0.39, 0.29) is 17.2 Å². The highest BCUT2D eigenvalue weighted by Gasteiger charge is 2.60. The molecule has 1 fully saturated rings. The van der Waals surface area contributed by atoms with E-state index in [1.165, 1.54) is 33.6 Å². The Labute approximate surface area is 151 Å². The van der Waals surface area contributed by atoms with Crippen LogP contribution in [0.15, 0.2) is 60.1 Å². The summed E-state index contributed by atoms with van der Waals surface area (Å²) in [5.41, 5.74) is 4.64. The number of aryl methyl sites for hydroxylation is 2. The zero-order valence-electron chi connectivity index (χ0n) is 14.3. The van der Waals surface area contributed by atoms with Gasteiger partial charge in [-0.15, -0.1) is 11.3 Å². The Morgan fingerprint density at radius 1 is 1.12 bits per heavy atom. The van der Waals surface area contributed by atoms with Crippen molar-refractivity contribution >= 4 is 22.4 Å². The predicted molar refractivity (Wildman–Crippen MR) is 102 cm³/mol. The van der Waals surface area contributed by atoms with E-state index in [1.54, 1.807) is 6.20 Å². The standard InChI is InChI=1S/C21H20N2OS/c1-14-5-3-7-16(11-14)21(17-8-4-6-15(2)12-17)13-18(21)19(24)23-20-22-9-10-25-20/h3-12,18H,13H2,1-2H3,(H,22,23,24)/t18-/m1/s1. The fourth-order valence-electron chi connectivity index (χ4n) is 3.71. The van der Waals surface area contributed by atoms with Gasteiger partial charge in [0.15, 0.2) is 5.13 Å². The lowest BCUT2D eigenvalue weighted by Gasteiger charge is -2.20. The number of hydrogen-bond donors (Lipinski definition) is 1. The van der Waals surface area contributed by atoms with Crippen LogP contribution < -0.4 is 5.32 Å². The number of carbonyl (C=O) groups is 1. The second kappa shape index (κ2) is 6.12. The van der Waals surface area contributed by atoms with E-state index in [0.717, 1.165) is 6.42 Å². The second-order valence-electron chi connectivity index (χ2n) is 6.79. The molecule has 126 valence electrons. The molecule has 0 saturated heterocycles. The van der Waals surface area contributed by atoms with Crippen molar-refractivity contribution in [3.05, 3.63) is 82.4 Å². The first kappa shape index (κ1) is 16.0. The summed E-state index contributed by atoms with van der Waals surface area (Å²) in [4.78, 5) is 17.0. The van der Waals surface area contributed by atoms with Crippen LogP contribution in [0.3, 0.4) is 0 Å². The van der Waals surface area contributed by atoms with Gasteiger partial charge in [-0.2, -0.15) is 0 Å². The van der Waals surface area contributed by atoms with Crippen molar-refractivity contribution in [3.63, 3.8) is 0 Å². The molecule has 25 heavy (non-hydrogen) atoms. The fourth-order valence-corrected chi connectivity index (χ4v) is 4.24. The van der Waals surface area contributed by atoms with Gasteiger partial charge in [-0.25, -0.2) is 4.98 Å². The summed E-state index contributed by atoms with van der Waals surface area (Å²) in [5, 5.41) is 5.51. The molecule has 3 nitrogen and oxygen atoms in total. The summed E-state index contributed by atoms with van der Waals surface area (Å²) in [6.07, 6.45) is 2.54. The van der Waals surface area contributed by atoms with Crippen LogP contribution in [0, 0.1) is 19.8 Å². The number of rotatable bonds is 4. The quantitative estimate of drug-likeness (QED) is 0.742. The molecule has 0 unspecified atom stereocenters. The van der Waals surface area contributed by atoms with E-state index in [9.17, 15) is 4.79 Å². The SMILES string of the molecule is Cc1cccc(C2(c3cccc(C)c3)C[C@@H]2C(=O)Nc2nccs2)c1. The maximum absolute atomic E-state index is 12.9. The third-order valence-corrected chi connectivity index (χ3v) is 5.69. The van der Waals surface area contributed by atoms with E-state index >= 15 is 0 Å². The largest absolute Gasteiger partial charge is 0.302 e. The molecule has 0 radical (unpaired) electrons. The van der Waals surface area contributed by atoms with Crippen molar-refractivity contribution in [2.75, 3.05) is 5.32 Å². The first-order valence-electron chi connectivity index (χ1n) is 8.44. The van der Waals surface area contributed by atoms with Crippen molar-refractivity contribution in [1.82, 2.24) is 4.98 Å². The topological polar surface area (TPSA) is 42.0 Å². The number of benzene rings is 2. The Morgan fingerprint density at radius 2 is 1.76 bits per heavy atom. The normalized spacial score (nSPS) is 17.9. The Hall–Kier alpha value is -2.46. The molecule has 1 amide bonds. The Kier molecular flexibility index (Phi) is 3.92. The third kappa shape index (κ3) is 2.87. The zero-order valence-corrected chi connectivity index (χ0v) is 15.1. The average molecular weight is 348 g/mol. The average Bonchev–Trinajstić information content (AvgIpc) is 3.17. The van der Waals surface area contributed by atoms with Crippen LogP contribution >= 0.6 is 11.3 Å². The lowest BCUT2D eigenvalue weighted by molar-refractivity contribution is -0.117. The number of hydrogen-bond acceptors (Lipinski definition) is 3.